The number of carbonyl (C=O) groups is 2. The van der Waals surface area contributed by atoms with Gasteiger partial charge < -0.3 is 25.6 Å². The van der Waals surface area contributed by atoms with E-state index in [-0.39, 0.29) is 18.1 Å². The number of hydrogen-bond acceptors (Lipinski definition) is 5. The number of nitrogens with zero attached hydrogens (tertiary/aromatic N) is 3. The molecule has 3 N–H and O–H groups in total. The van der Waals surface area contributed by atoms with E-state index < -0.39 is 0 Å². The number of piperidine rings is 1. The lowest BCUT2D eigenvalue weighted by Gasteiger charge is -2.32. The highest BCUT2D eigenvalue weighted by molar-refractivity contribution is 5.89. The Kier molecular flexibility index (Phi) is 6.83. The van der Waals surface area contributed by atoms with Crippen molar-refractivity contribution in [2.75, 3.05) is 25.5 Å². The number of hydrogen-bond donors (Lipinski definition) is 3. The molecule has 1 aromatic heterocycles. The second kappa shape index (κ2) is 9.72. The molecule has 3 rings (SSSR count). The van der Waals surface area contributed by atoms with Gasteiger partial charge in [-0.15, -0.1) is 0 Å². The molecule has 1 aromatic carbocycles. The van der Waals surface area contributed by atoms with Crippen LogP contribution in [0.1, 0.15) is 24.2 Å². The van der Waals surface area contributed by atoms with Crippen LogP contribution < -0.4 is 20.7 Å². The Balaban J connectivity index is 1.37. The summed E-state index contributed by atoms with van der Waals surface area (Å²) in [4.78, 5) is 34.3. The van der Waals surface area contributed by atoms with Crippen molar-refractivity contribution in [2.45, 2.75) is 32.4 Å². The lowest BCUT2D eigenvalue weighted by molar-refractivity contribution is 0.187. The molecule has 0 radical (unpaired) electrons. The zero-order valence-corrected chi connectivity index (χ0v) is 16.6. The molecule has 0 bridgehead atoms. The first-order chi connectivity index (χ1) is 14.0. The van der Waals surface area contributed by atoms with E-state index in [9.17, 15) is 9.59 Å². The number of methoxy groups -OCH3 is 1. The molecule has 0 unspecified atom stereocenters. The summed E-state index contributed by atoms with van der Waals surface area (Å²) in [5.41, 5.74) is 1.56. The van der Waals surface area contributed by atoms with Gasteiger partial charge in [-0.05, 0) is 37.5 Å². The van der Waals surface area contributed by atoms with Crippen molar-refractivity contribution in [1.82, 2.24) is 25.5 Å². The van der Waals surface area contributed by atoms with Crippen LogP contribution in [0.15, 0.2) is 36.7 Å². The van der Waals surface area contributed by atoms with Crippen molar-refractivity contribution in [1.29, 1.82) is 0 Å². The van der Waals surface area contributed by atoms with Crippen LogP contribution in [0, 0.1) is 6.92 Å². The molecule has 29 heavy (non-hydrogen) atoms. The maximum absolute atomic E-state index is 12.3. The van der Waals surface area contributed by atoms with Crippen LogP contribution in [0.2, 0.25) is 0 Å². The summed E-state index contributed by atoms with van der Waals surface area (Å²) >= 11 is 0. The molecule has 1 aliphatic heterocycles. The van der Waals surface area contributed by atoms with Gasteiger partial charge in [-0.2, -0.15) is 0 Å². The van der Waals surface area contributed by atoms with Crippen LogP contribution in [-0.4, -0.2) is 53.2 Å². The molecule has 0 spiro atoms. The topological polar surface area (TPSA) is 108 Å². The molecule has 1 saturated heterocycles. The molecule has 4 amide bonds. The highest BCUT2D eigenvalue weighted by atomic mass is 16.5. The van der Waals surface area contributed by atoms with Crippen molar-refractivity contribution < 1.29 is 14.3 Å². The number of aryl methyl sites for hydroxylation is 1. The highest BCUT2D eigenvalue weighted by Gasteiger charge is 2.24. The Labute approximate surface area is 169 Å². The largest absolute Gasteiger partial charge is 0.497 e. The van der Waals surface area contributed by atoms with Gasteiger partial charge in [-0.3, -0.25) is 0 Å². The lowest BCUT2D eigenvalue weighted by Crippen LogP contribution is -2.49. The molecule has 0 saturated carbocycles. The van der Waals surface area contributed by atoms with E-state index >= 15 is 0 Å². The monoisotopic (exact) mass is 398 g/mol. The van der Waals surface area contributed by atoms with E-state index in [4.69, 9.17) is 4.74 Å². The number of likely N-dealkylation sites (tertiary alicyclic amines) is 1. The van der Waals surface area contributed by atoms with Crippen LogP contribution in [0.5, 0.6) is 5.75 Å². The molecule has 1 aliphatic rings. The Bertz CT molecular complexity index is 817. The van der Waals surface area contributed by atoms with Crippen molar-refractivity contribution in [3.63, 3.8) is 0 Å². The molecule has 1 fully saturated rings. The van der Waals surface area contributed by atoms with Crippen LogP contribution in [0.4, 0.5) is 15.3 Å². The highest BCUT2D eigenvalue weighted by Crippen LogP contribution is 2.13. The molecular formula is C20H26N6O3. The van der Waals surface area contributed by atoms with Crippen molar-refractivity contribution in [2.24, 2.45) is 0 Å². The third-order valence-corrected chi connectivity index (χ3v) is 4.76. The second-order valence-corrected chi connectivity index (χ2v) is 6.89. The fraction of sp³-hybridized carbons (Fsp3) is 0.400. The first-order valence-corrected chi connectivity index (χ1v) is 9.55. The van der Waals surface area contributed by atoms with Gasteiger partial charge in [0.25, 0.3) is 0 Å². The summed E-state index contributed by atoms with van der Waals surface area (Å²) in [6, 6.07) is 7.19. The number of amides is 4. The third kappa shape index (κ3) is 6.06. The van der Waals surface area contributed by atoms with E-state index in [0.29, 0.717) is 44.0 Å². The minimum Gasteiger partial charge on any atom is -0.497 e. The van der Waals surface area contributed by atoms with E-state index in [1.165, 1.54) is 0 Å². The van der Waals surface area contributed by atoms with E-state index in [1.807, 2.05) is 24.3 Å². The molecule has 9 nitrogen and oxygen atoms in total. The maximum Gasteiger partial charge on any atom is 0.321 e. The fourth-order valence-corrected chi connectivity index (χ4v) is 3.05. The van der Waals surface area contributed by atoms with Crippen LogP contribution >= 0.6 is 0 Å². The Hall–Kier alpha value is -3.36. The van der Waals surface area contributed by atoms with Crippen molar-refractivity contribution in [3.05, 3.63) is 48.0 Å². The number of benzene rings is 1. The number of anilines is 1. The minimum atomic E-state index is -0.208. The number of nitrogens with one attached hydrogen (secondary N) is 3. The Morgan fingerprint density at radius 3 is 2.41 bits per heavy atom. The second-order valence-electron chi connectivity index (χ2n) is 6.89. The Morgan fingerprint density at radius 1 is 1.14 bits per heavy atom. The van der Waals surface area contributed by atoms with E-state index in [0.717, 1.165) is 11.3 Å². The minimum absolute atomic E-state index is 0.0395. The van der Waals surface area contributed by atoms with E-state index in [1.54, 1.807) is 31.3 Å². The van der Waals surface area contributed by atoms with Gasteiger partial charge in [0.2, 0.25) is 0 Å². The summed E-state index contributed by atoms with van der Waals surface area (Å²) in [5.74, 6) is 1.43. The SMILES string of the molecule is COc1ccc(CNC(=O)NC2CCN(C(=O)Nc3cnc(C)nc3)CC2)cc1. The predicted octanol–water partition coefficient (Wildman–Crippen LogP) is 2.29. The van der Waals surface area contributed by atoms with Gasteiger partial charge in [-0.25, -0.2) is 19.6 Å². The smallest absolute Gasteiger partial charge is 0.321 e. The molecule has 2 heterocycles. The molecule has 154 valence electrons. The van der Waals surface area contributed by atoms with Crippen molar-refractivity contribution in [3.8, 4) is 5.75 Å². The van der Waals surface area contributed by atoms with Gasteiger partial charge in [-0.1, -0.05) is 12.1 Å². The number of carbonyl (C=O) groups excluding carboxylic acids is 2. The lowest BCUT2D eigenvalue weighted by atomic mass is 10.1. The van der Waals surface area contributed by atoms with Gasteiger partial charge in [0, 0.05) is 25.7 Å². The van der Waals surface area contributed by atoms with Gasteiger partial charge in [0.05, 0.1) is 25.2 Å². The number of rotatable bonds is 5. The molecule has 0 aliphatic carbocycles. The first-order valence-electron chi connectivity index (χ1n) is 9.55. The average Bonchev–Trinajstić information content (AvgIpc) is 2.75. The molecule has 9 heteroatoms. The molecule has 2 aromatic rings. The quantitative estimate of drug-likeness (QED) is 0.716. The summed E-state index contributed by atoms with van der Waals surface area (Å²) in [6.45, 7) is 3.37. The first kappa shape index (κ1) is 20.4. The van der Waals surface area contributed by atoms with Gasteiger partial charge >= 0.3 is 12.1 Å². The van der Waals surface area contributed by atoms with Crippen LogP contribution in [0.3, 0.4) is 0 Å². The summed E-state index contributed by atoms with van der Waals surface area (Å²) in [6.07, 6.45) is 4.57. The molecular weight excluding hydrogens is 372 g/mol. The normalized spacial score (nSPS) is 14.2. The summed E-state index contributed by atoms with van der Waals surface area (Å²) in [7, 11) is 1.62. The zero-order valence-electron chi connectivity index (χ0n) is 16.6. The standard InChI is InChI=1S/C20H26N6O3/c1-14-21-12-17(13-22-14)25-20(28)26-9-7-16(8-10-26)24-19(27)23-11-15-3-5-18(29-2)6-4-15/h3-6,12-13,16H,7-11H2,1-2H3,(H,25,28)(H2,23,24,27). The van der Waals surface area contributed by atoms with Gasteiger partial charge in [0.15, 0.2) is 0 Å². The number of aromatic nitrogens is 2. The van der Waals surface area contributed by atoms with E-state index in [2.05, 4.69) is 25.9 Å². The fourth-order valence-electron chi connectivity index (χ4n) is 3.05. The van der Waals surface area contributed by atoms with Crippen LogP contribution in [-0.2, 0) is 6.54 Å². The zero-order chi connectivity index (χ0) is 20.6. The van der Waals surface area contributed by atoms with Crippen molar-refractivity contribution >= 4 is 17.7 Å². The van der Waals surface area contributed by atoms with Gasteiger partial charge in [0.1, 0.15) is 11.6 Å². The van der Waals surface area contributed by atoms with Crippen LogP contribution in [0.25, 0.3) is 0 Å². The third-order valence-electron chi connectivity index (χ3n) is 4.76. The molecule has 0 atom stereocenters. The Morgan fingerprint density at radius 2 is 1.79 bits per heavy atom. The summed E-state index contributed by atoms with van der Waals surface area (Å²) < 4.78 is 5.12. The maximum atomic E-state index is 12.3. The predicted molar refractivity (Wildman–Crippen MR) is 109 cm³/mol. The summed E-state index contributed by atoms with van der Waals surface area (Å²) in [5, 5.41) is 8.63. The number of ether oxygens (including phenoxy) is 1. The average molecular weight is 398 g/mol. The number of urea groups is 2.